The third-order valence-corrected chi connectivity index (χ3v) is 19.9. The van der Waals surface area contributed by atoms with Crippen LogP contribution in [0.15, 0.2) is 4.42 Å². The van der Waals surface area contributed by atoms with Gasteiger partial charge in [-0.1, -0.05) is 98.3 Å². The van der Waals surface area contributed by atoms with Crippen molar-refractivity contribution < 1.29 is 4.42 Å². The van der Waals surface area contributed by atoms with E-state index in [1.165, 1.54) is 219 Å². The van der Waals surface area contributed by atoms with Crippen molar-refractivity contribution in [1.29, 1.82) is 0 Å². The van der Waals surface area contributed by atoms with Gasteiger partial charge in [0.05, 0.1) is 0 Å². The predicted octanol–water partition coefficient (Wildman–Crippen LogP) is -33.2. The number of hydrogen-bond donors (Lipinski definition) is 0. The molecule has 0 unspecified atom stereocenters. The molecule has 0 spiro atoms. The van der Waals surface area contributed by atoms with Crippen LogP contribution < -0.4 is 142 Å². The highest BCUT2D eigenvalue weighted by Crippen LogP contribution is 2.40. The molecule has 0 radical (unpaired) electrons. The van der Waals surface area contributed by atoms with Crippen LogP contribution >= 0.6 is 0 Å². The first-order valence-corrected chi connectivity index (χ1v) is 25.7. The van der Waals surface area contributed by atoms with Crippen LogP contribution in [0.25, 0.3) is 87.6 Å². The van der Waals surface area contributed by atoms with Crippen LogP contribution in [0.1, 0.15) is 0 Å². The van der Waals surface area contributed by atoms with Crippen molar-refractivity contribution in [2.75, 3.05) is 0 Å². The third kappa shape index (κ3) is 6.41. The van der Waals surface area contributed by atoms with Gasteiger partial charge in [-0.25, -0.2) is 0 Å². The van der Waals surface area contributed by atoms with Crippen LogP contribution in [0.4, 0.5) is 0 Å². The summed E-state index contributed by atoms with van der Waals surface area (Å²) in [6, 6.07) is 0. The Labute approximate surface area is 435 Å². The van der Waals surface area contributed by atoms with Crippen molar-refractivity contribution in [2.45, 2.75) is 0 Å². The van der Waals surface area contributed by atoms with Gasteiger partial charge in [0.2, 0.25) is 0 Å². The highest BCUT2D eigenvalue weighted by Gasteiger charge is 2.31. The molecule has 9 rings (SSSR count). The average Bonchev–Trinajstić information content (AvgIpc) is 3.73. The van der Waals surface area contributed by atoms with Crippen molar-refractivity contribution in [2.24, 2.45) is 0 Å². The average molecular weight is 854 g/mol. The fourth-order valence-corrected chi connectivity index (χ4v) is 13.7. The Hall–Kier alpha value is -3.97. The highest BCUT2D eigenvalue weighted by molar-refractivity contribution is 6.77. The van der Waals surface area contributed by atoms with E-state index >= 15 is 0 Å². The Kier molecular flexibility index (Phi) is 12.2. The third-order valence-electron chi connectivity index (χ3n) is 19.9. The monoisotopic (exact) mass is 859 g/mol. The van der Waals surface area contributed by atoms with E-state index in [1.807, 2.05) is 0 Å². The first-order valence-electron chi connectivity index (χ1n) is 25.7. The molecule has 0 saturated carbocycles. The van der Waals surface area contributed by atoms with E-state index in [0.717, 1.165) is 11.2 Å². The van der Waals surface area contributed by atoms with Gasteiger partial charge in [-0.15, -0.1) is 43.7 Å². The van der Waals surface area contributed by atoms with Crippen LogP contribution in [0.2, 0.25) is 0 Å². The van der Waals surface area contributed by atoms with Gasteiger partial charge in [-0.3, -0.25) is 0 Å². The van der Waals surface area contributed by atoms with E-state index in [-0.39, 0.29) is 0 Å². The van der Waals surface area contributed by atoms with Crippen LogP contribution in [0.5, 0.6) is 0 Å². The largest absolute Gasteiger partial charge is 0.457 e. The molecular weight excluding hydrogens is 802 g/mol. The maximum absolute atomic E-state index is 7.05. The zero-order valence-electron chi connectivity index (χ0n) is 47.4. The molecule has 0 aliphatic carbocycles. The Morgan fingerprint density at radius 1 is 0.130 bits per heavy atom. The summed E-state index contributed by atoms with van der Waals surface area (Å²) in [5, 5.41) is 11.0. The first kappa shape index (κ1) is 50.0. The SMILES string of the molecule is Bc1c(B)c(-c2c3c(B)c(B)c(B)c(B)c3c(-c3c(B)c(B)c4oc5c(B)c(B)c(B)c(B)c5c4c3B)c3c(B)c(B)c(B)c(B)c23)c(B)c(B)c1-c1c(B)c(B)c(B)c2c(B)c(B)c(B)c(B)c12. The lowest BCUT2D eigenvalue weighted by atomic mass is 9.55. The Balaban J connectivity index is 1.56. The summed E-state index contributed by atoms with van der Waals surface area (Å²) in [5.74, 6) is 0. The molecule has 0 fully saturated rings. The maximum Gasteiger partial charge on any atom is 0.143 e. The molecule has 304 valence electrons. The summed E-state index contributed by atoms with van der Waals surface area (Å²) < 4.78 is 7.05. The van der Waals surface area contributed by atoms with Gasteiger partial charge >= 0.3 is 0 Å². The van der Waals surface area contributed by atoms with E-state index in [4.69, 9.17) is 4.42 Å². The molecule has 0 bridgehead atoms. The molecule has 9 aromatic rings. The first-order chi connectivity index (χ1) is 32.2. The fraction of sp³-hybridized carbons (Fsp3) is 0. The van der Waals surface area contributed by atoms with Crippen molar-refractivity contribution >= 4 is 400 Å². The zero-order valence-corrected chi connectivity index (χ0v) is 47.4. The highest BCUT2D eigenvalue weighted by atomic mass is 16.3. The van der Waals surface area contributed by atoms with Gasteiger partial charge in [0.1, 0.15) is 215 Å². The van der Waals surface area contributed by atoms with E-state index in [1.54, 1.807) is 0 Å². The molecule has 8 aromatic carbocycles. The summed E-state index contributed by atoms with van der Waals surface area (Å²) in [7, 11) is 61.4. The molecule has 0 aliphatic heterocycles. The summed E-state index contributed by atoms with van der Waals surface area (Å²) in [6.07, 6.45) is 0. The fourth-order valence-electron chi connectivity index (χ4n) is 13.7. The van der Waals surface area contributed by atoms with Crippen LogP contribution in [-0.4, -0.2) is 204 Å². The summed E-state index contributed by atoms with van der Waals surface area (Å²) in [6.45, 7) is 0. The van der Waals surface area contributed by atoms with Gasteiger partial charge < -0.3 is 4.42 Å². The van der Waals surface area contributed by atoms with Gasteiger partial charge in [0.25, 0.3) is 0 Å². The lowest BCUT2D eigenvalue weighted by molar-refractivity contribution is 0.675. The molecule has 1 nitrogen and oxygen atoms in total. The van der Waals surface area contributed by atoms with Crippen molar-refractivity contribution in [3.63, 3.8) is 0 Å². The van der Waals surface area contributed by atoms with Gasteiger partial charge in [0.15, 0.2) is 0 Å². The molecule has 0 saturated heterocycles. The van der Waals surface area contributed by atoms with Gasteiger partial charge in [-0.05, 0) is 65.7 Å². The maximum atomic E-state index is 7.05. The smallest absolute Gasteiger partial charge is 0.143 e. The van der Waals surface area contributed by atoms with Gasteiger partial charge in [-0.2, -0.15) is 0 Å². The van der Waals surface area contributed by atoms with Crippen LogP contribution in [0.3, 0.4) is 0 Å². The second-order valence-corrected chi connectivity index (χ2v) is 22.3. The van der Waals surface area contributed by atoms with Crippen molar-refractivity contribution in [3.05, 3.63) is 0 Å². The molecule has 1 heterocycles. The quantitative estimate of drug-likeness (QED) is 0.127. The second-order valence-electron chi connectivity index (χ2n) is 22.3. The molecule has 0 amide bonds. The summed E-state index contributed by atoms with van der Waals surface area (Å²) in [4.78, 5) is 0. The normalized spacial score (nSPS) is 11.8. The topological polar surface area (TPSA) is 13.1 Å². The molecular formula is C42H52B26O. The molecule has 0 atom stereocenters. The lowest BCUT2D eigenvalue weighted by Gasteiger charge is -2.32. The van der Waals surface area contributed by atoms with Crippen LogP contribution in [-0.2, 0) is 0 Å². The standard InChI is InChI=1S/C42H52B26O/c43-15-9(28(56)39(67)41-13(15)14-29(57)37(65)38(66)40(68)42(14)69-41)1-3-5(18(46)33(61)31(59)16(3)44)2(6-4(1)17(45)32(60)34(62)19(6)47)10-22(50)24(52)11(25(53)23(10)51)7-8-12(26(54)30(58)20(7)48)27(55)36(64)35(63)21(8)49/h43-68H2. The lowest BCUT2D eigenvalue weighted by Crippen LogP contribution is -2.53. The predicted molar refractivity (Wildman–Crippen MR) is 395 cm³/mol. The van der Waals surface area contributed by atoms with Crippen LogP contribution in [0, 0.1) is 0 Å². The van der Waals surface area contributed by atoms with Crippen molar-refractivity contribution in [3.8, 4) is 33.4 Å². The van der Waals surface area contributed by atoms with E-state index in [2.05, 4.69) is 204 Å². The number of benzene rings is 8. The Morgan fingerprint density at radius 2 is 0.319 bits per heavy atom. The minimum absolute atomic E-state index is 1.03. The number of rotatable bonds is 3. The second kappa shape index (κ2) is 16.8. The Morgan fingerprint density at radius 3 is 0.667 bits per heavy atom. The zero-order chi connectivity index (χ0) is 51.0. The minimum atomic E-state index is 1.03. The molecule has 0 aliphatic rings. The van der Waals surface area contributed by atoms with Gasteiger partial charge in [0, 0.05) is 10.8 Å². The number of furan rings is 1. The summed E-state index contributed by atoms with van der Waals surface area (Å²) in [5.41, 5.74) is 46.0. The number of fused-ring (bicyclic) bond motifs is 6. The van der Waals surface area contributed by atoms with E-state index < -0.39 is 0 Å². The van der Waals surface area contributed by atoms with E-state index in [9.17, 15) is 0 Å². The Bertz CT molecular complexity index is 3850. The molecule has 1 aromatic heterocycles. The summed E-state index contributed by atoms with van der Waals surface area (Å²) >= 11 is 0. The van der Waals surface area contributed by atoms with E-state index in [0.29, 0.717) is 0 Å². The molecule has 69 heavy (non-hydrogen) atoms. The number of hydrogen-bond acceptors (Lipinski definition) is 1. The molecule has 0 N–H and O–H groups in total. The minimum Gasteiger partial charge on any atom is -0.457 e. The molecule has 27 heteroatoms. The van der Waals surface area contributed by atoms with Crippen molar-refractivity contribution in [1.82, 2.24) is 0 Å².